The molecule has 0 bridgehead atoms. The van der Waals surface area contributed by atoms with Crippen molar-refractivity contribution < 1.29 is 9.29 Å². The van der Waals surface area contributed by atoms with Gasteiger partial charge in [-0.05, 0) is 51.9 Å². The number of hydrogen-bond donors (Lipinski definition) is 1. The highest BCUT2D eigenvalue weighted by Crippen LogP contribution is 2.49. The molecule has 0 amide bonds. The third kappa shape index (κ3) is 2.73. The average molecular weight is 245 g/mol. The first kappa shape index (κ1) is 12.7. The van der Waals surface area contributed by atoms with E-state index in [1.54, 1.807) is 0 Å². The lowest BCUT2D eigenvalue weighted by atomic mass is 9.61. The Morgan fingerprint density at radius 3 is 2.31 bits per heavy atom. The fourth-order valence-electron chi connectivity index (χ4n) is 2.61. The van der Waals surface area contributed by atoms with Crippen molar-refractivity contribution in [1.29, 1.82) is 0 Å². The van der Waals surface area contributed by atoms with Gasteiger partial charge in [-0.15, -0.1) is 4.72 Å². The van der Waals surface area contributed by atoms with Crippen LogP contribution < -0.4 is 4.72 Å². The van der Waals surface area contributed by atoms with Gasteiger partial charge in [0.05, 0.1) is 6.04 Å². The Labute approximate surface area is 102 Å². The molecule has 2 fully saturated rings. The van der Waals surface area contributed by atoms with Crippen molar-refractivity contribution in [2.24, 2.45) is 5.41 Å². The molecule has 4 heteroatoms. The molecule has 0 aromatic heterocycles. The van der Waals surface area contributed by atoms with E-state index in [9.17, 15) is 4.55 Å². The summed E-state index contributed by atoms with van der Waals surface area (Å²) in [6.45, 7) is 7.86. The summed E-state index contributed by atoms with van der Waals surface area (Å²) < 4.78 is 20.4. The van der Waals surface area contributed by atoms with Gasteiger partial charge in [-0.3, -0.25) is 0 Å². The summed E-state index contributed by atoms with van der Waals surface area (Å²) in [5.41, 5.74) is 0.512. The first-order valence-electron chi connectivity index (χ1n) is 6.17. The maximum Gasteiger partial charge on any atom is 0.136 e. The molecule has 0 radical (unpaired) electrons. The van der Waals surface area contributed by atoms with Crippen molar-refractivity contribution in [2.45, 2.75) is 57.2 Å². The second-order valence-electron chi connectivity index (χ2n) is 6.22. The molecule has 1 saturated carbocycles. The lowest BCUT2D eigenvalue weighted by Crippen LogP contribution is -2.55. The molecular formula is C12H23NO2S. The van der Waals surface area contributed by atoms with E-state index in [0.717, 1.165) is 13.2 Å². The lowest BCUT2D eigenvalue weighted by Gasteiger charge is -2.50. The highest BCUT2D eigenvalue weighted by Gasteiger charge is 2.47. The zero-order valence-corrected chi connectivity index (χ0v) is 11.4. The third-order valence-corrected chi connectivity index (χ3v) is 5.40. The van der Waals surface area contributed by atoms with Crippen LogP contribution in [0.3, 0.4) is 0 Å². The molecule has 1 heterocycles. The number of ether oxygens (including phenoxy) is 1. The van der Waals surface area contributed by atoms with Crippen molar-refractivity contribution >= 4 is 11.4 Å². The van der Waals surface area contributed by atoms with Gasteiger partial charge in [0.25, 0.3) is 0 Å². The Balaban J connectivity index is 1.76. The van der Waals surface area contributed by atoms with Crippen LogP contribution in [0.2, 0.25) is 0 Å². The lowest BCUT2D eigenvalue weighted by molar-refractivity contribution is -0.0409. The summed E-state index contributed by atoms with van der Waals surface area (Å²) in [6.07, 6.45) is 4.73. The largest absolute Gasteiger partial charge is 0.598 e. The van der Waals surface area contributed by atoms with Crippen LogP contribution in [0.5, 0.6) is 0 Å². The quantitative estimate of drug-likeness (QED) is 0.757. The molecule has 2 rings (SSSR count). The molecule has 2 aliphatic rings. The van der Waals surface area contributed by atoms with E-state index in [1.807, 2.05) is 20.8 Å². The van der Waals surface area contributed by atoms with Crippen molar-refractivity contribution in [3.63, 3.8) is 0 Å². The molecule has 1 saturated heterocycles. The minimum Gasteiger partial charge on any atom is -0.598 e. The predicted octanol–water partition coefficient (Wildman–Crippen LogP) is 2.00. The zero-order chi connectivity index (χ0) is 11.8. The summed E-state index contributed by atoms with van der Waals surface area (Å²) in [6, 6.07) is 0.457. The fraction of sp³-hybridized carbons (Fsp3) is 1.00. The molecule has 94 valence electrons. The summed E-state index contributed by atoms with van der Waals surface area (Å²) in [7, 11) is 0. The number of rotatable bonds is 2. The molecule has 1 aliphatic carbocycles. The molecule has 1 atom stereocenters. The number of nitrogens with one attached hydrogen (secondary N) is 1. The predicted molar refractivity (Wildman–Crippen MR) is 66.5 cm³/mol. The Bertz CT molecular complexity index is 238. The van der Waals surface area contributed by atoms with Crippen LogP contribution in [-0.2, 0) is 16.1 Å². The average Bonchev–Trinajstić information content (AvgIpc) is 2.15. The minimum absolute atomic E-state index is 0.154. The second-order valence-corrected chi connectivity index (χ2v) is 8.21. The fourth-order valence-corrected chi connectivity index (χ4v) is 3.43. The summed E-state index contributed by atoms with van der Waals surface area (Å²) in [5, 5.41) is 0. The third-order valence-electron chi connectivity index (χ3n) is 3.74. The minimum atomic E-state index is -0.918. The Morgan fingerprint density at radius 2 is 1.81 bits per heavy atom. The van der Waals surface area contributed by atoms with E-state index in [4.69, 9.17) is 4.74 Å². The maximum absolute atomic E-state index is 11.9. The van der Waals surface area contributed by atoms with Gasteiger partial charge in [-0.25, -0.2) is 0 Å². The molecule has 0 aromatic carbocycles. The monoisotopic (exact) mass is 245 g/mol. The van der Waals surface area contributed by atoms with Crippen molar-refractivity contribution in [3.05, 3.63) is 0 Å². The zero-order valence-electron chi connectivity index (χ0n) is 10.5. The highest BCUT2D eigenvalue weighted by atomic mass is 32.2. The molecule has 1 aliphatic heterocycles. The van der Waals surface area contributed by atoms with Crippen LogP contribution in [0.1, 0.15) is 46.5 Å². The summed E-state index contributed by atoms with van der Waals surface area (Å²) >= 11 is -0.918. The van der Waals surface area contributed by atoms with Crippen LogP contribution in [0, 0.1) is 5.41 Å². The molecular weight excluding hydrogens is 222 g/mol. The molecule has 1 unspecified atom stereocenters. The molecule has 16 heavy (non-hydrogen) atoms. The smallest absolute Gasteiger partial charge is 0.136 e. The molecule has 3 nitrogen and oxygen atoms in total. The summed E-state index contributed by atoms with van der Waals surface area (Å²) in [4.78, 5) is 0. The van der Waals surface area contributed by atoms with Gasteiger partial charge >= 0.3 is 0 Å². The van der Waals surface area contributed by atoms with Crippen LogP contribution >= 0.6 is 0 Å². The van der Waals surface area contributed by atoms with Gasteiger partial charge in [-0.1, -0.05) is 0 Å². The van der Waals surface area contributed by atoms with Crippen LogP contribution in [0.25, 0.3) is 0 Å². The van der Waals surface area contributed by atoms with E-state index in [1.165, 1.54) is 25.7 Å². The van der Waals surface area contributed by atoms with E-state index < -0.39 is 11.4 Å². The highest BCUT2D eigenvalue weighted by molar-refractivity contribution is 7.90. The first-order chi connectivity index (χ1) is 7.41. The van der Waals surface area contributed by atoms with Gasteiger partial charge in [0, 0.05) is 24.6 Å². The Hall–Kier alpha value is 0.230. The second kappa shape index (κ2) is 4.48. The van der Waals surface area contributed by atoms with Crippen LogP contribution in [-0.4, -0.2) is 28.6 Å². The van der Waals surface area contributed by atoms with Gasteiger partial charge in [0.15, 0.2) is 0 Å². The summed E-state index contributed by atoms with van der Waals surface area (Å²) in [5.74, 6) is 0. The molecule has 1 N–H and O–H groups in total. The molecule has 0 aromatic rings. The van der Waals surface area contributed by atoms with Crippen molar-refractivity contribution in [1.82, 2.24) is 4.72 Å². The number of hydrogen-bond acceptors (Lipinski definition) is 3. The van der Waals surface area contributed by atoms with Crippen LogP contribution in [0.4, 0.5) is 0 Å². The Morgan fingerprint density at radius 1 is 1.25 bits per heavy atom. The van der Waals surface area contributed by atoms with Crippen molar-refractivity contribution in [3.8, 4) is 0 Å². The van der Waals surface area contributed by atoms with E-state index in [2.05, 4.69) is 4.72 Å². The van der Waals surface area contributed by atoms with Crippen molar-refractivity contribution in [2.75, 3.05) is 13.2 Å². The van der Waals surface area contributed by atoms with Gasteiger partial charge in [0.1, 0.15) is 4.75 Å². The topological polar surface area (TPSA) is 44.3 Å². The van der Waals surface area contributed by atoms with Gasteiger partial charge in [0.2, 0.25) is 0 Å². The first-order valence-corrected chi connectivity index (χ1v) is 7.32. The van der Waals surface area contributed by atoms with E-state index >= 15 is 0 Å². The Kier molecular flexibility index (Phi) is 3.55. The van der Waals surface area contributed by atoms with Gasteiger partial charge in [-0.2, -0.15) is 0 Å². The van der Waals surface area contributed by atoms with E-state index in [-0.39, 0.29) is 4.75 Å². The SMILES string of the molecule is CC(C)(C)[S+]([O-])NC1CC2(CCOCC2)C1. The van der Waals surface area contributed by atoms with Gasteiger partial charge < -0.3 is 9.29 Å². The standard InChI is InChI=1S/C12H23NO2S/c1-11(2,3)16(14)13-10-8-12(9-10)4-6-15-7-5-12/h10,13H,4-9H2,1-3H3. The normalized spacial score (nSPS) is 27.8. The maximum atomic E-state index is 11.9. The van der Waals surface area contributed by atoms with E-state index in [0.29, 0.717) is 11.5 Å². The molecule has 1 spiro atoms. The van der Waals surface area contributed by atoms with Crippen LogP contribution in [0.15, 0.2) is 0 Å².